The van der Waals surface area contributed by atoms with E-state index in [0.29, 0.717) is 5.75 Å². The highest BCUT2D eigenvalue weighted by Crippen LogP contribution is 2.28. The van der Waals surface area contributed by atoms with Crippen LogP contribution in [0.4, 0.5) is 0 Å². The number of thioether (sulfide) groups is 1. The maximum Gasteiger partial charge on any atom is 0.271 e. The smallest absolute Gasteiger partial charge is 0.271 e. The summed E-state index contributed by atoms with van der Waals surface area (Å²) in [7, 11) is -2.50. The summed E-state index contributed by atoms with van der Waals surface area (Å²) in [6.45, 7) is 3.22. The Balaban J connectivity index is 1.75. The molecule has 3 rings (SSSR count). The van der Waals surface area contributed by atoms with Crippen molar-refractivity contribution in [1.29, 1.82) is 0 Å². The zero-order valence-electron chi connectivity index (χ0n) is 16.4. The van der Waals surface area contributed by atoms with Crippen molar-refractivity contribution in [1.82, 2.24) is 14.1 Å². The fourth-order valence-electron chi connectivity index (χ4n) is 3.23. The SMILES string of the molecule is CCN(C(=O)CSCc1cccc2ccccc12)S(=O)(=O)c1c(C)nn(C)c1Cl. The van der Waals surface area contributed by atoms with Gasteiger partial charge in [-0.15, -0.1) is 11.8 Å². The van der Waals surface area contributed by atoms with E-state index in [1.807, 2.05) is 42.5 Å². The Bertz CT molecular complexity index is 1150. The summed E-state index contributed by atoms with van der Waals surface area (Å²) < 4.78 is 28.2. The fourth-order valence-corrected chi connectivity index (χ4v) is 6.34. The third-order valence-corrected chi connectivity index (χ3v) is 8.14. The number of benzene rings is 2. The number of aryl methyl sites for hydroxylation is 2. The topological polar surface area (TPSA) is 72.3 Å². The highest BCUT2D eigenvalue weighted by Gasteiger charge is 2.33. The van der Waals surface area contributed by atoms with Crippen LogP contribution in [0.1, 0.15) is 18.2 Å². The normalized spacial score (nSPS) is 11.7. The molecule has 154 valence electrons. The Hall–Kier alpha value is -2.03. The molecule has 9 heteroatoms. The minimum absolute atomic E-state index is 0.00263. The van der Waals surface area contributed by atoms with Gasteiger partial charge in [-0.2, -0.15) is 5.10 Å². The summed E-state index contributed by atoms with van der Waals surface area (Å²) in [5.74, 6) is 0.182. The quantitative estimate of drug-likeness (QED) is 0.542. The highest BCUT2D eigenvalue weighted by atomic mass is 35.5. The Morgan fingerprint density at radius 1 is 1.21 bits per heavy atom. The van der Waals surface area contributed by atoms with E-state index in [2.05, 4.69) is 5.10 Å². The molecule has 29 heavy (non-hydrogen) atoms. The molecule has 0 aliphatic carbocycles. The first-order valence-corrected chi connectivity index (χ1v) is 12.0. The van der Waals surface area contributed by atoms with Crippen molar-refractivity contribution in [2.24, 2.45) is 7.05 Å². The molecule has 0 aliphatic heterocycles. The van der Waals surface area contributed by atoms with Crippen molar-refractivity contribution in [2.75, 3.05) is 12.3 Å². The van der Waals surface area contributed by atoms with Gasteiger partial charge in [0.2, 0.25) is 5.91 Å². The van der Waals surface area contributed by atoms with E-state index in [1.54, 1.807) is 20.9 Å². The molecule has 0 bridgehead atoms. The number of halogens is 1. The first-order chi connectivity index (χ1) is 13.8. The third kappa shape index (κ3) is 4.29. The molecule has 1 amide bonds. The van der Waals surface area contributed by atoms with Crippen LogP contribution >= 0.6 is 23.4 Å². The largest absolute Gasteiger partial charge is 0.273 e. The van der Waals surface area contributed by atoms with Crippen LogP contribution < -0.4 is 0 Å². The van der Waals surface area contributed by atoms with Crippen LogP contribution in [0.5, 0.6) is 0 Å². The minimum Gasteiger partial charge on any atom is -0.273 e. The Labute approximate surface area is 179 Å². The monoisotopic (exact) mass is 451 g/mol. The van der Waals surface area contributed by atoms with E-state index in [-0.39, 0.29) is 28.0 Å². The maximum absolute atomic E-state index is 13.0. The van der Waals surface area contributed by atoms with Gasteiger partial charge in [0.1, 0.15) is 10.0 Å². The van der Waals surface area contributed by atoms with Crippen molar-refractivity contribution in [3.8, 4) is 0 Å². The van der Waals surface area contributed by atoms with Gasteiger partial charge in [-0.3, -0.25) is 9.48 Å². The number of amides is 1. The number of hydrogen-bond donors (Lipinski definition) is 0. The Morgan fingerprint density at radius 2 is 1.90 bits per heavy atom. The van der Waals surface area contributed by atoms with Crippen molar-refractivity contribution in [3.63, 3.8) is 0 Å². The lowest BCUT2D eigenvalue weighted by Crippen LogP contribution is -2.38. The van der Waals surface area contributed by atoms with Crippen LogP contribution in [0.15, 0.2) is 47.4 Å². The molecule has 1 heterocycles. The molecule has 0 atom stereocenters. The van der Waals surface area contributed by atoms with Crippen molar-refractivity contribution in [3.05, 3.63) is 58.9 Å². The summed E-state index contributed by atoms with van der Waals surface area (Å²) in [5, 5.41) is 6.31. The second-order valence-electron chi connectivity index (χ2n) is 6.52. The molecular formula is C20H22ClN3O3S2. The number of nitrogens with zero attached hydrogens (tertiary/aromatic N) is 3. The molecule has 0 radical (unpaired) electrons. The minimum atomic E-state index is -4.07. The second-order valence-corrected chi connectivity index (χ2v) is 9.67. The highest BCUT2D eigenvalue weighted by molar-refractivity contribution is 7.99. The Morgan fingerprint density at radius 3 is 2.55 bits per heavy atom. The summed E-state index contributed by atoms with van der Waals surface area (Å²) in [6, 6.07) is 14.1. The zero-order valence-corrected chi connectivity index (χ0v) is 18.8. The van der Waals surface area contributed by atoms with E-state index >= 15 is 0 Å². The molecule has 0 saturated heterocycles. The summed E-state index contributed by atoms with van der Waals surface area (Å²) in [5.41, 5.74) is 1.38. The molecule has 0 spiro atoms. The van der Waals surface area contributed by atoms with E-state index in [0.717, 1.165) is 20.6 Å². The third-order valence-electron chi connectivity index (χ3n) is 4.58. The lowest BCUT2D eigenvalue weighted by atomic mass is 10.1. The molecule has 0 aliphatic rings. The number of rotatable bonds is 7. The molecule has 1 aromatic heterocycles. The summed E-state index contributed by atoms with van der Waals surface area (Å²) in [4.78, 5) is 12.6. The van der Waals surface area contributed by atoms with Crippen LogP contribution in [0.2, 0.25) is 5.15 Å². The van der Waals surface area contributed by atoms with Gasteiger partial charge in [-0.1, -0.05) is 54.1 Å². The Kier molecular flexibility index (Phi) is 6.55. The average Bonchev–Trinajstić information content (AvgIpc) is 2.94. The predicted octanol–water partition coefficient (Wildman–Crippen LogP) is 4.01. The second kappa shape index (κ2) is 8.77. The van der Waals surface area contributed by atoms with Gasteiger partial charge in [-0.25, -0.2) is 12.7 Å². The number of carbonyl (C=O) groups excluding carboxylic acids is 1. The molecule has 0 saturated carbocycles. The first-order valence-electron chi connectivity index (χ1n) is 9.06. The van der Waals surface area contributed by atoms with Gasteiger partial charge >= 0.3 is 0 Å². The predicted molar refractivity (Wildman–Crippen MR) is 118 cm³/mol. The number of aromatic nitrogens is 2. The molecule has 0 fully saturated rings. The van der Waals surface area contributed by atoms with Gasteiger partial charge in [0.25, 0.3) is 10.0 Å². The summed E-state index contributed by atoms with van der Waals surface area (Å²) in [6.07, 6.45) is 0. The molecule has 6 nitrogen and oxygen atoms in total. The van der Waals surface area contributed by atoms with Gasteiger partial charge < -0.3 is 0 Å². The van der Waals surface area contributed by atoms with E-state index in [1.165, 1.54) is 16.4 Å². The van der Waals surface area contributed by atoms with Crippen LogP contribution in [0.25, 0.3) is 10.8 Å². The van der Waals surface area contributed by atoms with Gasteiger partial charge in [-0.05, 0) is 30.2 Å². The van der Waals surface area contributed by atoms with E-state index in [9.17, 15) is 13.2 Å². The molecule has 0 unspecified atom stereocenters. The van der Waals surface area contributed by atoms with E-state index < -0.39 is 15.9 Å². The van der Waals surface area contributed by atoms with Crippen LogP contribution in [0, 0.1) is 6.92 Å². The van der Waals surface area contributed by atoms with Gasteiger partial charge in [0, 0.05) is 19.3 Å². The van der Waals surface area contributed by atoms with Crippen molar-refractivity contribution in [2.45, 2.75) is 24.5 Å². The number of fused-ring (bicyclic) bond motifs is 1. The van der Waals surface area contributed by atoms with Crippen LogP contribution in [0.3, 0.4) is 0 Å². The number of hydrogen-bond acceptors (Lipinski definition) is 5. The van der Waals surface area contributed by atoms with E-state index in [4.69, 9.17) is 11.6 Å². The summed E-state index contributed by atoms with van der Waals surface area (Å²) >= 11 is 7.51. The fraction of sp³-hybridized carbons (Fsp3) is 0.300. The van der Waals surface area contributed by atoms with Crippen LogP contribution in [-0.4, -0.2) is 40.7 Å². The van der Waals surface area contributed by atoms with Crippen LogP contribution in [-0.2, 0) is 27.6 Å². The number of sulfonamides is 1. The standard InChI is InChI=1S/C20H22ClN3O3S2/c1-4-24(29(26,27)19-14(2)22-23(3)20(19)21)18(25)13-28-12-16-10-7-9-15-8-5-6-11-17(15)16/h5-11H,4,12-13H2,1-3H3. The van der Waals surface area contributed by atoms with Gasteiger partial charge in [0.05, 0.1) is 11.4 Å². The molecule has 3 aromatic rings. The average molecular weight is 452 g/mol. The number of carbonyl (C=O) groups is 1. The maximum atomic E-state index is 13.0. The molecular weight excluding hydrogens is 430 g/mol. The zero-order chi connectivity index (χ0) is 21.2. The first kappa shape index (κ1) is 21.7. The lowest BCUT2D eigenvalue weighted by molar-refractivity contribution is -0.123. The molecule has 0 N–H and O–H groups in total. The molecule has 2 aromatic carbocycles. The van der Waals surface area contributed by atoms with Gasteiger partial charge in [0.15, 0.2) is 0 Å². The van der Waals surface area contributed by atoms with Crippen molar-refractivity contribution < 1.29 is 13.2 Å². The van der Waals surface area contributed by atoms with Crippen molar-refractivity contribution >= 4 is 50.1 Å². The lowest BCUT2D eigenvalue weighted by Gasteiger charge is -2.20.